The van der Waals surface area contributed by atoms with Crippen molar-refractivity contribution >= 4 is 22.7 Å². The number of hydrogen-bond acceptors (Lipinski definition) is 7. The Bertz CT molecular complexity index is 1560. The molecule has 5 aromatic rings. The second kappa shape index (κ2) is 9.88. The van der Waals surface area contributed by atoms with Gasteiger partial charge < -0.3 is 29.7 Å². The van der Waals surface area contributed by atoms with Crippen molar-refractivity contribution in [3.63, 3.8) is 0 Å². The third-order valence-corrected chi connectivity index (χ3v) is 5.78. The van der Waals surface area contributed by atoms with Gasteiger partial charge in [0.05, 0.1) is 29.7 Å². The number of carbonyl (C=O) groups excluding carboxylic acids is 1. The Labute approximate surface area is 205 Å². The summed E-state index contributed by atoms with van der Waals surface area (Å²) in [7, 11) is 0. The van der Waals surface area contributed by atoms with Crippen LogP contribution < -0.4 is 10.9 Å². The summed E-state index contributed by atoms with van der Waals surface area (Å²) < 4.78 is 7.24. The maximum absolute atomic E-state index is 12.9. The number of nitrogens with one attached hydrogen (secondary N) is 3. The Hall–Kier alpha value is -4.70. The second-order valence-corrected chi connectivity index (χ2v) is 8.28. The Morgan fingerprint density at radius 2 is 2.06 bits per heavy atom. The smallest absolute Gasteiger partial charge is 0.331 e. The third-order valence-electron chi connectivity index (χ3n) is 5.78. The number of benzene rings is 2. The van der Waals surface area contributed by atoms with Gasteiger partial charge in [-0.3, -0.25) is 4.79 Å². The number of esters is 1. The number of rotatable bonds is 8. The molecule has 3 heterocycles. The number of aliphatic hydroxyl groups excluding tert-OH is 1. The standard InChI is InChI=1S/C26H24N6O4/c1-16-11-18(32-10-9-27-15-32)12-20-23(16)31-24(30-20)22-19(7-8-28-25(22)34)29-21(13-33)26(35)36-14-17-5-3-2-4-6-17/h2-12,15,21,33H,13-14H2,1H3,(H,30,31)(H2,28,29,34). The molecule has 0 aliphatic carbocycles. The molecule has 0 aliphatic rings. The molecule has 36 heavy (non-hydrogen) atoms. The number of imidazole rings is 2. The highest BCUT2D eigenvalue weighted by Gasteiger charge is 2.23. The zero-order chi connectivity index (χ0) is 25.1. The maximum atomic E-state index is 12.9. The van der Waals surface area contributed by atoms with Gasteiger partial charge in [0.15, 0.2) is 0 Å². The lowest BCUT2D eigenvalue weighted by molar-refractivity contribution is -0.146. The van der Waals surface area contributed by atoms with Gasteiger partial charge in [0.25, 0.3) is 5.56 Å². The minimum atomic E-state index is -1.08. The van der Waals surface area contributed by atoms with Crippen LogP contribution in [0, 0.1) is 6.92 Å². The molecule has 0 saturated carbocycles. The van der Waals surface area contributed by atoms with Crippen molar-refractivity contribution in [3.05, 3.63) is 94.9 Å². The van der Waals surface area contributed by atoms with Crippen molar-refractivity contribution in [2.45, 2.75) is 19.6 Å². The molecule has 0 amide bonds. The number of aliphatic hydroxyl groups is 1. The molecule has 10 nitrogen and oxygen atoms in total. The van der Waals surface area contributed by atoms with E-state index in [1.807, 2.05) is 60.2 Å². The highest BCUT2D eigenvalue weighted by atomic mass is 16.5. The average molecular weight is 485 g/mol. The Morgan fingerprint density at radius 1 is 1.22 bits per heavy atom. The highest BCUT2D eigenvalue weighted by molar-refractivity contribution is 5.87. The van der Waals surface area contributed by atoms with Gasteiger partial charge in [0.2, 0.25) is 0 Å². The fraction of sp³-hybridized carbons (Fsp3) is 0.154. The zero-order valence-corrected chi connectivity index (χ0v) is 19.4. The summed E-state index contributed by atoms with van der Waals surface area (Å²) in [4.78, 5) is 40.1. The van der Waals surface area contributed by atoms with E-state index < -0.39 is 24.2 Å². The number of pyridine rings is 1. The molecule has 5 rings (SSSR count). The van der Waals surface area contributed by atoms with E-state index in [9.17, 15) is 14.7 Å². The van der Waals surface area contributed by atoms with Gasteiger partial charge in [-0.15, -0.1) is 0 Å². The molecule has 2 aromatic carbocycles. The maximum Gasteiger partial charge on any atom is 0.331 e. The first kappa shape index (κ1) is 23.1. The van der Waals surface area contributed by atoms with Gasteiger partial charge in [0.1, 0.15) is 24.0 Å². The van der Waals surface area contributed by atoms with E-state index in [1.165, 1.54) is 6.20 Å². The Kier molecular flexibility index (Phi) is 6.33. The minimum absolute atomic E-state index is 0.0716. The van der Waals surface area contributed by atoms with Crippen LogP contribution >= 0.6 is 0 Å². The van der Waals surface area contributed by atoms with Crippen LogP contribution in [0.15, 0.2) is 78.2 Å². The number of ether oxygens (including phenoxy) is 1. The number of H-pyrrole nitrogens is 2. The lowest BCUT2D eigenvalue weighted by atomic mass is 10.2. The van der Waals surface area contributed by atoms with Crippen LogP contribution in [0.2, 0.25) is 0 Å². The van der Waals surface area contributed by atoms with Crippen molar-refractivity contribution in [3.8, 4) is 17.1 Å². The number of aromatic nitrogens is 5. The fourth-order valence-corrected chi connectivity index (χ4v) is 3.98. The van der Waals surface area contributed by atoms with Crippen LogP contribution in [0.5, 0.6) is 0 Å². The molecule has 4 N–H and O–H groups in total. The summed E-state index contributed by atoms with van der Waals surface area (Å²) in [6.45, 7) is 1.49. The van der Waals surface area contributed by atoms with Gasteiger partial charge in [-0.2, -0.15) is 0 Å². The summed E-state index contributed by atoms with van der Waals surface area (Å²) in [6, 6.07) is 13.7. The molecule has 0 fully saturated rings. The van der Waals surface area contributed by atoms with E-state index in [1.54, 1.807) is 18.6 Å². The molecule has 10 heteroatoms. The fourth-order valence-electron chi connectivity index (χ4n) is 3.98. The third kappa shape index (κ3) is 4.62. The van der Waals surface area contributed by atoms with E-state index in [2.05, 4.69) is 25.3 Å². The monoisotopic (exact) mass is 484 g/mol. The van der Waals surface area contributed by atoms with Crippen molar-refractivity contribution < 1.29 is 14.6 Å². The van der Waals surface area contributed by atoms with E-state index in [0.29, 0.717) is 17.0 Å². The molecule has 1 unspecified atom stereocenters. The van der Waals surface area contributed by atoms with Gasteiger partial charge >= 0.3 is 5.97 Å². The summed E-state index contributed by atoms with van der Waals surface area (Å²) >= 11 is 0. The number of anilines is 1. The molecule has 0 radical (unpaired) electrons. The quantitative estimate of drug-likeness (QED) is 0.249. The van der Waals surface area contributed by atoms with Crippen molar-refractivity contribution in [2.75, 3.05) is 11.9 Å². The molecule has 0 bridgehead atoms. The number of aromatic amines is 2. The van der Waals surface area contributed by atoms with Crippen LogP contribution in [-0.2, 0) is 16.1 Å². The molecule has 1 atom stereocenters. The van der Waals surface area contributed by atoms with Crippen LogP contribution in [0.3, 0.4) is 0 Å². The molecule has 0 saturated heterocycles. The SMILES string of the molecule is Cc1cc(-n2ccnc2)cc2[nH]c(-c3c(NC(CO)C(=O)OCc4ccccc4)cc[nH]c3=O)nc12. The Morgan fingerprint density at radius 3 is 2.81 bits per heavy atom. The normalized spacial score (nSPS) is 11.9. The molecular formula is C26H24N6O4. The van der Waals surface area contributed by atoms with E-state index in [0.717, 1.165) is 22.3 Å². The van der Waals surface area contributed by atoms with Crippen molar-refractivity contribution in [1.29, 1.82) is 0 Å². The summed E-state index contributed by atoms with van der Waals surface area (Å²) in [6.07, 6.45) is 6.70. The first-order valence-electron chi connectivity index (χ1n) is 11.3. The topological polar surface area (TPSA) is 138 Å². The molecule has 3 aromatic heterocycles. The van der Waals surface area contributed by atoms with E-state index >= 15 is 0 Å². The number of aryl methyl sites for hydroxylation is 1. The number of fused-ring (bicyclic) bond motifs is 1. The zero-order valence-electron chi connectivity index (χ0n) is 19.4. The first-order valence-corrected chi connectivity index (χ1v) is 11.3. The number of carbonyl (C=O) groups is 1. The number of nitrogens with zero attached hydrogens (tertiary/aromatic N) is 3. The highest BCUT2D eigenvalue weighted by Crippen LogP contribution is 2.28. The van der Waals surface area contributed by atoms with Crippen LogP contribution in [0.25, 0.3) is 28.1 Å². The van der Waals surface area contributed by atoms with Crippen LogP contribution in [0.1, 0.15) is 11.1 Å². The first-order chi connectivity index (χ1) is 17.5. The van der Waals surface area contributed by atoms with Gasteiger partial charge in [-0.1, -0.05) is 30.3 Å². The lowest BCUT2D eigenvalue weighted by Gasteiger charge is -2.18. The molecule has 0 spiro atoms. The van der Waals surface area contributed by atoms with Crippen molar-refractivity contribution in [2.24, 2.45) is 0 Å². The van der Waals surface area contributed by atoms with Crippen LogP contribution in [-0.4, -0.2) is 48.2 Å². The predicted molar refractivity (Wildman–Crippen MR) is 135 cm³/mol. The minimum Gasteiger partial charge on any atom is -0.459 e. The largest absolute Gasteiger partial charge is 0.459 e. The lowest BCUT2D eigenvalue weighted by Crippen LogP contribution is -2.35. The molecule has 0 aliphatic heterocycles. The second-order valence-electron chi connectivity index (χ2n) is 8.28. The van der Waals surface area contributed by atoms with E-state index in [4.69, 9.17) is 4.74 Å². The van der Waals surface area contributed by atoms with Gasteiger partial charge in [-0.05, 0) is 36.2 Å². The predicted octanol–water partition coefficient (Wildman–Crippen LogP) is 2.93. The van der Waals surface area contributed by atoms with Gasteiger partial charge in [-0.25, -0.2) is 14.8 Å². The number of hydrogen-bond donors (Lipinski definition) is 4. The summed E-state index contributed by atoms with van der Waals surface area (Å²) in [5, 5.41) is 12.8. The van der Waals surface area contributed by atoms with Crippen molar-refractivity contribution in [1.82, 2.24) is 24.5 Å². The molecule has 182 valence electrons. The Balaban J connectivity index is 1.44. The van der Waals surface area contributed by atoms with Gasteiger partial charge in [0, 0.05) is 24.3 Å². The van der Waals surface area contributed by atoms with E-state index in [-0.39, 0.29) is 12.2 Å². The average Bonchev–Trinajstić information content (AvgIpc) is 3.57. The summed E-state index contributed by atoms with van der Waals surface area (Å²) in [5.74, 6) is -0.312. The van der Waals surface area contributed by atoms with Crippen LogP contribution in [0.4, 0.5) is 5.69 Å². The summed E-state index contributed by atoms with van der Waals surface area (Å²) in [5.41, 5.74) is 4.24. The molecular weight excluding hydrogens is 460 g/mol.